The zero-order chi connectivity index (χ0) is 10.2. The van der Waals surface area contributed by atoms with Gasteiger partial charge in [0.2, 0.25) is 0 Å². The van der Waals surface area contributed by atoms with Gasteiger partial charge in [0, 0.05) is 30.3 Å². The fourth-order valence-electron chi connectivity index (χ4n) is 1.36. The Hall–Kier alpha value is -1.51. The maximum atomic E-state index is 13.0. The summed E-state index contributed by atoms with van der Waals surface area (Å²) in [5, 5.41) is 1.67. The Kier molecular flexibility index (Phi) is 1.95. The van der Waals surface area contributed by atoms with Crippen molar-refractivity contribution in [1.82, 2.24) is 4.98 Å². The Balaban J connectivity index is 2.63. The van der Waals surface area contributed by atoms with Crippen LogP contribution >= 0.6 is 0 Å². The molecule has 0 N–H and O–H groups in total. The van der Waals surface area contributed by atoms with Crippen LogP contribution in [0.15, 0.2) is 36.7 Å². The van der Waals surface area contributed by atoms with E-state index in [2.05, 4.69) is 4.98 Å². The molecule has 0 radical (unpaired) electrons. The number of hydrogen-bond acceptors (Lipinski definition) is 1. The Morgan fingerprint density at radius 2 is 1.93 bits per heavy atom. The molecule has 3 heteroatoms. The highest BCUT2D eigenvalue weighted by Crippen LogP contribution is 2.28. The Labute approximate surface area is 80.4 Å². The normalized spacial score (nSPS) is 11.9. The number of rotatable bonds is 1. The van der Waals surface area contributed by atoms with E-state index in [1.807, 2.05) is 0 Å². The van der Waals surface area contributed by atoms with Crippen molar-refractivity contribution in [3.63, 3.8) is 0 Å². The van der Waals surface area contributed by atoms with E-state index in [1.54, 1.807) is 24.5 Å². The third-order valence-electron chi connectivity index (χ3n) is 2.15. The molecule has 14 heavy (non-hydrogen) atoms. The zero-order valence-corrected chi connectivity index (χ0v) is 7.67. The van der Waals surface area contributed by atoms with Crippen molar-refractivity contribution in [2.24, 2.45) is 0 Å². The minimum absolute atomic E-state index is 0.0381. The number of fused-ring (bicyclic) bond motifs is 1. The van der Waals surface area contributed by atoms with E-state index in [0.29, 0.717) is 0 Å². The van der Waals surface area contributed by atoms with Crippen molar-refractivity contribution in [2.75, 3.05) is 0 Å². The summed E-state index contributed by atoms with van der Waals surface area (Å²) < 4.78 is 25.9. The van der Waals surface area contributed by atoms with Crippen LogP contribution in [-0.4, -0.2) is 4.98 Å². The second-order valence-corrected chi connectivity index (χ2v) is 3.33. The molecule has 1 aromatic carbocycles. The third-order valence-corrected chi connectivity index (χ3v) is 2.15. The van der Waals surface area contributed by atoms with Crippen molar-refractivity contribution in [3.05, 3.63) is 42.2 Å². The van der Waals surface area contributed by atoms with Crippen LogP contribution in [0.5, 0.6) is 0 Å². The molecule has 2 rings (SSSR count). The smallest absolute Gasteiger partial charge is 0.264 e. The van der Waals surface area contributed by atoms with Gasteiger partial charge in [-0.25, -0.2) is 8.78 Å². The van der Waals surface area contributed by atoms with Crippen LogP contribution in [0.4, 0.5) is 8.78 Å². The predicted octanol–water partition coefficient (Wildman–Crippen LogP) is 3.35. The number of hydrogen-bond donors (Lipinski definition) is 0. The van der Waals surface area contributed by atoms with E-state index in [9.17, 15) is 8.78 Å². The fourth-order valence-corrected chi connectivity index (χ4v) is 1.36. The summed E-state index contributed by atoms with van der Waals surface area (Å²) in [6, 6.07) is 6.32. The number of pyridine rings is 1. The van der Waals surface area contributed by atoms with Crippen LogP contribution in [0, 0.1) is 0 Å². The predicted molar refractivity (Wildman–Crippen MR) is 51.3 cm³/mol. The van der Waals surface area contributed by atoms with Crippen LogP contribution in [0.3, 0.4) is 0 Å². The maximum absolute atomic E-state index is 13.0. The first-order valence-corrected chi connectivity index (χ1v) is 4.29. The van der Waals surface area contributed by atoms with Crippen LogP contribution in [0.2, 0.25) is 0 Å². The van der Waals surface area contributed by atoms with Crippen molar-refractivity contribution in [2.45, 2.75) is 12.8 Å². The molecule has 0 unspecified atom stereocenters. The highest BCUT2D eigenvalue weighted by Gasteiger charge is 2.23. The lowest BCUT2D eigenvalue weighted by molar-refractivity contribution is 0.0176. The summed E-state index contributed by atoms with van der Waals surface area (Å²) in [4.78, 5) is 3.92. The van der Waals surface area contributed by atoms with Crippen molar-refractivity contribution >= 4 is 10.8 Å². The first-order chi connectivity index (χ1) is 6.57. The van der Waals surface area contributed by atoms with E-state index >= 15 is 0 Å². The molecule has 0 aliphatic heterocycles. The third kappa shape index (κ3) is 1.58. The van der Waals surface area contributed by atoms with Gasteiger partial charge in [0.15, 0.2) is 0 Å². The van der Waals surface area contributed by atoms with Gasteiger partial charge in [-0.15, -0.1) is 0 Å². The lowest BCUT2D eigenvalue weighted by Crippen LogP contribution is -2.06. The second kappa shape index (κ2) is 3.01. The number of alkyl halides is 2. The molecule has 0 aliphatic rings. The quantitative estimate of drug-likeness (QED) is 0.676. The molecular weight excluding hydrogens is 184 g/mol. The molecule has 0 saturated carbocycles. The molecule has 0 aliphatic carbocycles. The van der Waals surface area contributed by atoms with E-state index < -0.39 is 5.92 Å². The highest BCUT2D eigenvalue weighted by atomic mass is 19.3. The van der Waals surface area contributed by atoms with Crippen LogP contribution < -0.4 is 0 Å². The van der Waals surface area contributed by atoms with Crippen molar-refractivity contribution in [3.8, 4) is 0 Å². The first-order valence-electron chi connectivity index (χ1n) is 4.29. The van der Waals surface area contributed by atoms with Gasteiger partial charge in [-0.1, -0.05) is 12.1 Å². The van der Waals surface area contributed by atoms with E-state index in [0.717, 1.165) is 17.7 Å². The topological polar surface area (TPSA) is 12.9 Å². The minimum atomic E-state index is -2.78. The highest BCUT2D eigenvalue weighted by molar-refractivity contribution is 5.82. The van der Waals surface area contributed by atoms with E-state index in [1.165, 1.54) is 12.1 Å². The summed E-state index contributed by atoms with van der Waals surface area (Å²) in [6.07, 6.45) is 3.26. The molecule has 2 aromatic rings. The van der Waals surface area contributed by atoms with Crippen molar-refractivity contribution in [1.29, 1.82) is 0 Å². The lowest BCUT2D eigenvalue weighted by Gasteiger charge is -2.10. The number of aromatic nitrogens is 1. The molecule has 1 aromatic heterocycles. The van der Waals surface area contributed by atoms with E-state index in [4.69, 9.17) is 0 Å². The molecule has 0 spiro atoms. The van der Waals surface area contributed by atoms with Gasteiger partial charge in [0.25, 0.3) is 5.92 Å². The summed E-state index contributed by atoms with van der Waals surface area (Å²) >= 11 is 0. The summed E-state index contributed by atoms with van der Waals surface area (Å²) in [5.74, 6) is -2.78. The fraction of sp³-hybridized carbons (Fsp3) is 0.182. The number of nitrogens with zero attached hydrogens (tertiary/aromatic N) is 1. The van der Waals surface area contributed by atoms with Gasteiger partial charge >= 0.3 is 0 Å². The van der Waals surface area contributed by atoms with Gasteiger partial charge < -0.3 is 0 Å². The molecule has 0 amide bonds. The number of benzene rings is 1. The largest absolute Gasteiger partial charge is 0.270 e. The second-order valence-electron chi connectivity index (χ2n) is 3.33. The summed E-state index contributed by atoms with van der Waals surface area (Å²) in [5.41, 5.74) is 0.0381. The monoisotopic (exact) mass is 193 g/mol. The van der Waals surface area contributed by atoms with Gasteiger partial charge in [-0.05, 0) is 17.5 Å². The average molecular weight is 193 g/mol. The Morgan fingerprint density at radius 1 is 1.14 bits per heavy atom. The minimum Gasteiger partial charge on any atom is -0.264 e. The number of halogens is 2. The zero-order valence-electron chi connectivity index (χ0n) is 7.67. The molecule has 0 saturated heterocycles. The van der Waals surface area contributed by atoms with Crippen LogP contribution in [0.1, 0.15) is 12.5 Å². The van der Waals surface area contributed by atoms with Crippen LogP contribution in [-0.2, 0) is 5.92 Å². The average Bonchev–Trinajstić information content (AvgIpc) is 2.16. The van der Waals surface area contributed by atoms with Crippen molar-refractivity contribution < 1.29 is 8.78 Å². The summed E-state index contributed by atoms with van der Waals surface area (Å²) in [6.45, 7) is 0.898. The first kappa shape index (κ1) is 9.06. The van der Waals surface area contributed by atoms with E-state index in [-0.39, 0.29) is 5.56 Å². The standard InChI is InChI=1S/C11H9F2N/c1-11(12,13)10-3-2-9-7-14-5-4-8(9)6-10/h2-7H,1H3. The van der Waals surface area contributed by atoms with Crippen LogP contribution in [0.25, 0.3) is 10.8 Å². The molecule has 1 heterocycles. The molecule has 0 atom stereocenters. The Bertz CT molecular complexity index is 460. The maximum Gasteiger partial charge on any atom is 0.270 e. The van der Waals surface area contributed by atoms with Gasteiger partial charge in [0.05, 0.1) is 0 Å². The van der Waals surface area contributed by atoms with Gasteiger partial charge in [-0.3, -0.25) is 4.98 Å². The Morgan fingerprint density at radius 3 is 2.64 bits per heavy atom. The molecular formula is C11H9F2N. The van der Waals surface area contributed by atoms with Gasteiger partial charge in [0.1, 0.15) is 0 Å². The lowest BCUT2D eigenvalue weighted by atomic mass is 10.1. The molecule has 0 fully saturated rings. The SMILES string of the molecule is CC(F)(F)c1ccc2cnccc2c1. The van der Waals surface area contributed by atoms with Gasteiger partial charge in [-0.2, -0.15) is 0 Å². The molecule has 72 valence electrons. The molecule has 1 nitrogen and oxygen atoms in total. The molecule has 0 bridgehead atoms. The summed E-state index contributed by atoms with van der Waals surface area (Å²) in [7, 11) is 0.